The highest BCUT2D eigenvalue weighted by molar-refractivity contribution is 7.89. The van der Waals surface area contributed by atoms with E-state index >= 15 is 0 Å². The average molecular weight is 310 g/mol. The maximum absolute atomic E-state index is 12.1. The normalized spacial score (nSPS) is 11.5. The lowest BCUT2D eigenvalue weighted by Crippen LogP contribution is -2.27. The first-order valence-corrected chi connectivity index (χ1v) is 8.07. The van der Waals surface area contributed by atoms with Crippen molar-refractivity contribution in [2.75, 3.05) is 13.2 Å². The van der Waals surface area contributed by atoms with E-state index < -0.39 is 10.0 Å². The Morgan fingerprint density at radius 1 is 1.33 bits per heavy atom. The zero-order chi connectivity index (χ0) is 15.3. The molecule has 0 saturated heterocycles. The molecule has 0 spiro atoms. The van der Waals surface area contributed by atoms with Gasteiger partial charge in [-0.15, -0.1) is 0 Å². The molecular weight excluding hydrogens is 292 g/mol. The number of ether oxygens (including phenoxy) is 1. The zero-order valence-corrected chi connectivity index (χ0v) is 12.8. The molecule has 7 nitrogen and oxygen atoms in total. The SMILES string of the molecule is CCOc1ccc(S(=O)(=O)NCCn2cc(C)cn2)cn1. The van der Waals surface area contributed by atoms with Crippen LogP contribution in [0.5, 0.6) is 5.88 Å². The molecule has 2 aromatic rings. The molecule has 2 aromatic heterocycles. The monoisotopic (exact) mass is 310 g/mol. The number of rotatable bonds is 7. The first-order chi connectivity index (χ1) is 10.0. The van der Waals surface area contributed by atoms with Crippen LogP contribution in [-0.2, 0) is 16.6 Å². The Labute approximate surface area is 124 Å². The van der Waals surface area contributed by atoms with Crippen molar-refractivity contribution >= 4 is 10.0 Å². The fourth-order valence-electron chi connectivity index (χ4n) is 1.73. The number of aryl methyl sites for hydroxylation is 1. The van der Waals surface area contributed by atoms with Gasteiger partial charge in [0.1, 0.15) is 4.90 Å². The van der Waals surface area contributed by atoms with Gasteiger partial charge in [-0.05, 0) is 25.5 Å². The first kappa shape index (κ1) is 15.5. The molecule has 0 unspecified atom stereocenters. The van der Waals surface area contributed by atoms with Crippen molar-refractivity contribution in [3.05, 3.63) is 36.3 Å². The molecule has 0 radical (unpaired) electrons. The smallest absolute Gasteiger partial charge is 0.242 e. The maximum atomic E-state index is 12.1. The lowest BCUT2D eigenvalue weighted by Gasteiger charge is -2.07. The number of sulfonamides is 1. The second-order valence-electron chi connectivity index (χ2n) is 4.44. The third-order valence-electron chi connectivity index (χ3n) is 2.71. The van der Waals surface area contributed by atoms with Gasteiger partial charge in [0.05, 0.1) is 25.5 Å². The Hall–Kier alpha value is -1.93. The van der Waals surface area contributed by atoms with Gasteiger partial charge in [0, 0.05) is 18.8 Å². The van der Waals surface area contributed by atoms with E-state index in [0.717, 1.165) is 5.56 Å². The molecule has 21 heavy (non-hydrogen) atoms. The Balaban J connectivity index is 1.94. The van der Waals surface area contributed by atoms with Gasteiger partial charge in [-0.25, -0.2) is 18.1 Å². The summed E-state index contributed by atoms with van der Waals surface area (Å²) in [7, 11) is -3.56. The minimum Gasteiger partial charge on any atom is -0.478 e. The summed E-state index contributed by atoms with van der Waals surface area (Å²) in [5.74, 6) is 0.406. The van der Waals surface area contributed by atoms with Crippen molar-refractivity contribution in [1.82, 2.24) is 19.5 Å². The topological polar surface area (TPSA) is 86.1 Å². The summed E-state index contributed by atoms with van der Waals surface area (Å²) in [5.41, 5.74) is 1.04. The lowest BCUT2D eigenvalue weighted by atomic mass is 10.4. The molecule has 8 heteroatoms. The van der Waals surface area contributed by atoms with Gasteiger partial charge < -0.3 is 4.74 Å². The van der Waals surface area contributed by atoms with Crippen molar-refractivity contribution in [3.63, 3.8) is 0 Å². The first-order valence-electron chi connectivity index (χ1n) is 6.59. The summed E-state index contributed by atoms with van der Waals surface area (Å²) in [6.07, 6.45) is 4.86. The molecule has 0 fully saturated rings. The van der Waals surface area contributed by atoms with Gasteiger partial charge >= 0.3 is 0 Å². The third-order valence-corrected chi connectivity index (χ3v) is 4.15. The van der Waals surface area contributed by atoms with Gasteiger partial charge in [-0.1, -0.05) is 0 Å². The van der Waals surface area contributed by atoms with Crippen LogP contribution in [0.3, 0.4) is 0 Å². The molecule has 0 saturated carbocycles. The second-order valence-corrected chi connectivity index (χ2v) is 6.21. The Morgan fingerprint density at radius 2 is 2.14 bits per heavy atom. The molecule has 0 aliphatic heterocycles. The molecule has 0 bridgehead atoms. The van der Waals surface area contributed by atoms with E-state index in [-0.39, 0.29) is 11.4 Å². The summed E-state index contributed by atoms with van der Waals surface area (Å²) in [6.45, 7) is 4.99. The maximum Gasteiger partial charge on any atom is 0.242 e. The quantitative estimate of drug-likeness (QED) is 0.823. The van der Waals surface area contributed by atoms with Gasteiger partial charge in [0.25, 0.3) is 0 Å². The Kier molecular flexibility index (Phi) is 4.92. The summed E-state index contributed by atoms with van der Waals surface area (Å²) >= 11 is 0. The number of nitrogens with one attached hydrogen (secondary N) is 1. The highest BCUT2D eigenvalue weighted by Gasteiger charge is 2.14. The van der Waals surface area contributed by atoms with Crippen LogP contribution >= 0.6 is 0 Å². The van der Waals surface area contributed by atoms with E-state index in [1.54, 1.807) is 10.9 Å². The van der Waals surface area contributed by atoms with Gasteiger partial charge in [0.15, 0.2) is 0 Å². The molecular formula is C13H18N4O3S. The van der Waals surface area contributed by atoms with Crippen molar-refractivity contribution < 1.29 is 13.2 Å². The van der Waals surface area contributed by atoms with Crippen molar-refractivity contribution in [3.8, 4) is 5.88 Å². The zero-order valence-electron chi connectivity index (χ0n) is 12.0. The summed E-state index contributed by atoms with van der Waals surface area (Å²) in [5, 5.41) is 4.09. The van der Waals surface area contributed by atoms with Crippen molar-refractivity contribution in [2.24, 2.45) is 0 Å². The second kappa shape index (κ2) is 6.68. The van der Waals surface area contributed by atoms with Gasteiger partial charge in [0.2, 0.25) is 15.9 Å². The number of hydrogen-bond donors (Lipinski definition) is 1. The minimum absolute atomic E-state index is 0.114. The molecule has 2 heterocycles. The molecule has 0 aromatic carbocycles. The van der Waals surface area contributed by atoms with Crippen LogP contribution < -0.4 is 9.46 Å². The van der Waals surface area contributed by atoms with Crippen molar-refractivity contribution in [1.29, 1.82) is 0 Å². The van der Waals surface area contributed by atoms with E-state index in [4.69, 9.17) is 4.74 Å². The fraction of sp³-hybridized carbons (Fsp3) is 0.385. The number of aromatic nitrogens is 3. The highest BCUT2D eigenvalue weighted by Crippen LogP contribution is 2.11. The highest BCUT2D eigenvalue weighted by atomic mass is 32.2. The van der Waals surface area contributed by atoms with E-state index in [2.05, 4.69) is 14.8 Å². The van der Waals surface area contributed by atoms with Crippen LogP contribution in [0.15, 0.2) is 35.6 Å². The predicted octanol–water partition coefficient (Wildman–Crippen LogP) is 0.964. The van der Waals surface area contributed by atoms with E-state index in [9.17, 15) is 8.42 Å². The number of pyridine rings is 1. The summed E-state index contributed by atoms with van der Waals surface area (Å²) < 4.78 is 33.5. The van der Waals surface area contributed by atoms with Crippen LogP contribution in [0.25, 0.3) is 0 Å². The number of nitrogens with zero attached hydrogens (tertiary/aromatic N) is 3. The van der Waals surface area contributed by atoms with E-state index in [0.29, 0.717) is 19.0 Å². The van der Waals surface area contributed by atoms with Crippen LogP contribution in [0.1, 0.15) is 12.5 Å². The predicted molar refractivity (Wildman–Crippen MR) is 77.6 cm³/mol. The van der Waals surface area contributed by atoms with Crippen molar-refractivity contribution in [2.45, 2.75) is 25.3 Å². The van der Waals surface area contributed by atoms with Crippen LogP contribution in [0.2, 0.25) is 0 Å². The fourth-order valence-corrected chi connectivity index (χ4v) is 2.69. The standard InChI is InChI=1S/C13H18N4O3S/c1-3-20-13-5-4-12(9-14-13)21(18,19)16-6-7-17-10-11(2)8-15-17/h4-5,8-10,16H,3,6-7H2,1-2H3. The Bertz CT molecular complexity index is 680. The lowest BCUT2D eigenvalue weighted by molar-refractivity contribution is 0.326. The minimum atomic E-state index is -3.56. The van der Waals surface area contributed by atoms with E-state index in [1.807, 2.05) is 20.0 Å². The Morgan fingerprint density at radius 3 is 2.71 bits per heavy atom. The molecule has 0 aliphatic carbocycles. The van der Waals surface area contributed by atoms with Gasteiger partial charge in [-0.2, -0.15) is 5.10 Å². The summed E-state index contributed by atoms with van der Waals surface area (Å²) in [6, 6.07) is 3.01. The molecule has 114 valence electrons. The van der Waals surface area contributed by atoms with Crippen LogP contribution in [0.4, 0.5) is 0 Å². The van der Waals surface area contributed by atoms with E-state index in [1.165, 1.54) is 18.3 Å². The molecule has 0 atom stereocenters. The van der Waals surface area contributed by atoms with Gasteiger partial charge in [-0.3, -0.25) is 4.68 Å². The molecule has 2 rings (SSSR count). The average Bonchev–Trinajstić information content (AvgIpc) is 2.85. The molecule has 0 aliphatic rings. The van der Waals surface area contributed by atoms with Crippen LogP contribution in [0, 0.1) is 6.92 Å². The molecule has 0 amide bonds. The summed E-state index contributed by atoms with van der Waals surface area (Å²) in [4.78, 5) is 4.06. The number of hydrogen-bond acceptors (Lipinski definition) is 5. The van der Waals surface area contributed by atoms with Crippen LogP contribution in [-0.4, -0.2) is 36.3 Å². The molecule has 1 N–H and O–H groups in total. The third kappa shape index (κ3) is 4.27. The largest absolute Gasteiger partial charge is 0.478 e.